The molecular weight excluding hydrogens is 340 g/mol. The number of ether oxygens (including phenoxy) is 2. The van der Waals surface area contributed by atoms with Crippen LogP contribution in [-0.2, 0) is 9.59 Å². The Hall–Kier alpha value is -2.54. The summed E-state index contributed by atoms with van der Waals surface area (Å²) in [6, 6.07) is 10.8. The Kier molecular flexibility index (Phi) is 7.28. The molecule has 0 fully saturated rings. The third-order valence-corrected chi connectivity index (χ3v) is 4.39. The van der Waals surface area contributed by atoms with E-state index < -0.39 is 0 Å². The van der Waals surface area contributed by atoms with Gasteiger partial charge in [-0.3, -0.25) is 9.59 Å². The molecule has 0 saturated carbocycles. The average Bonchev–Trinajstić information content (AvgIpc) is 3.12. The van der Waals surface area contributed by atoms with Crippen molar-refractivity contribution in [2.45, 2.75) is 19.4 Å². The largest absolute Gasteiger partial charge is 0.493 e. The molecule has 0 aliphatic carbocycles. The maximum atomic E-state index is 12.1. The lowest BCUT2D eigenvalue weighted by Crippen LogP contribution is -2.34. The minimum atomic E-state index is -0.312. The number of benzene rings is 1. The first-order valence-corrected chi connectivity index (χ1v) is 8.81. The summed E-state index contributed by atoms with van der Waals surface area (Å²) in [6.07, 6.45) is 0.189. The van der Waals surface area contributed by atoms with E-state index in [2.05, 4.69) is 10.6 Å². The summed E-state index contributed by atoms with van der Waals surface area (Å²) in [5.41, 5.74) is 0. The van der Waals surface area contributed by atoms with Crippen molar-refractivity contribution in [1.82, 2.24) is 10.6 Å². The van der Waals surface area contributed by atoms with Crippen molar-refractivity contribution in [2.75, 3.05) is 20.3 Å². The Morgan fingerprint density at radius 3 is 2.56 bits per heavy atom. The van der Waals surface area contributed by atoms with E-state index in [0.717, 1.165) is 4.88 Å². The normalized spacial score (nSPS) is 11.4. The Labute approximate surface area is 151 Å². The van der Waals surface area contributed by atoms with Crippen LogP contribution < -0.4 is 20.1 Å². The molecule has 0 saturated heterocycles. The predicted molar refractivity (Wildman–Crippen MR) is 97.0 cm³/mol. The smallest absolute Gasteiger partial charge is 0.222 e. The molecule has 25 heavy (non-hydrogen) atoms. The lowest BCUT2D eigenvalue weighted by molar-refractivity contribution is -0.122. The number of thiophene rings is 1. The Bertz CT molecular complexity index is 688. The summed E-state index contributed by atoms with van der Waals surface area (Å²) in [6.45, 7) is 2.14. The fourth-order valence-corrected chi connectivity index (χ4v) is 3.08. The number of nitrogens with one attached hydrogen (secondary N) is 2. The van der Waals surface area contributed by atoms with Crippen LogP contribution in [-0.4, -0.2) is 32.1 Å². The third kappa shape index (κ3) is 6.11. The summed E-state index contributed by atoms with van der Waals surface area (Å²) in [5.74, 6) is 0.979. The van der Waals surface area contributed by atoms with Gasteiger partial charge in [0.2, 0.25) is 11.8 Å². The minimum absolute atomic E-state index is 0.143. The van der Waals surface area contributed by atoms with E-state index in [0.29, 0.717) is 24.7 Å². The molecule has 2 amide bonds. The molecule has 1 heterocycles. The van der Waals surface area contributed by atoms with Crippen LogP contribution in [0.1, 0.15) is 24.3 Å². The van der Waals surface area contributed by atoms with E-state index >= 15 is 0 Å². The van der Waals surface area contributed by atoms with Gasteiger partial charge in [0.15, 0.2) is 11.5 Å². The number of carbonyl (C=O) groups excluding carboxylic acids is 2. The molecule has 0 radical (unpaired) electrons. The first-order valence-electron chi connectivity index (χ1n) is 7.93. The van der Waals surface area contributed by atoms with E-state index in [1.54, 1.807) is 7.11 Å². The molecule has 0 unspecified atom stereocenters. The van der Waals surface area contributed by atoms with Gasteiger partial charge in [-0.05, 0) is 23.6 Å². The first kappa shape index (κ1) is 18.8. The molecular formula is C18H22N2O4S. The maximum Gasteiger partial charge on any atom is 0.222 e. The van der Waals surface area contributed by atoms with Crippen LogP contribution in [0, 0.1) is 0 Å². The van der Waals surface area contributed by atoms with Crippen LogP contribution in [0.15, 0.2) is 41.8 Å². The monoisotopic (exact) mass is 362 g/mol. The number of carbonyl (C=O) groups is 2. The van der Waals surface area contributed by atoms with Crippen molar-refractivity contribution >= 4 is 23.2 Å². The lowest BCUT2D eigenvalue weighted by Gasteiger charge is -2.16. The fraction of sp³-hybridized carbons (Fsp3) is 0.333. The second-order valence-electron chi connectivity index (χ2n) is 5.32. The highest BCUT2D eigenvalue weighted by molar-refractivity contribution is 7.10. The van der Waals surface area contributed by atoms with E-state index in [1.807, 2.05) is 41.8 Å². The summed E-state index contributed by atoms with van der Waals surface area (Å²) >= 11 is 1.51. The van der Waals surface area contributed by atoms with E-state index in [9.17, 15) is 9.59 Å². The van der Waals surface area contributed by atoms with Gasteiger partial charge < -0.3 is 20.1 Å². The third-order valence-electron chi connectivity index (χ3n) is 3.40. The van der Waals surface area contributed by atoms with Gasteiger partial charge >= 0.3 is 0 Å². The van der Waals surface area contributed by atoms with Gasteiger partial charge in [-0.2, -0.15) is 0 Å². The van der Waals surface area contributed by atoms with E-state index in [1.165, 1.54) is 18.3 Å². The van der Waals surface area contributed by atoms with Gasteiger partial charge in [0.1, 0.15) is 6.61 Å². The average molecular weight is 362 g/mol. The van der Waals surface area contributed by atoms with Gasteiger partial charge in [-0.1, -0.05) is 18.2 Å². The molecule has 7 heteroatoms. The zero-order chi connectivity index (χ0) is 18.1. The number of methoxy groups -OCH3 is 1. The number of hydrogen-bond donors (Lipinski definition) is 2. The van der Waals surface area contributed by atoms with Crippen molar-refractivity contribution in [3.05, 3.63) is 46.7 Å². The number of para-hydroxylation sites is 2. The van der Waals surface area contributed by atoms with Gasteiger partial charge in [-0.15, -0.1) is 11.3 Å². The highest BCUT2D eigenvalue weighted by atomic mass is 32.1. The molecule has 2 aromatic rings. The molecule has 2 rings (SSSR count). The highest BCUT2D eigenvalue weighted by Crippen LogP contribution is 2.25. The summed E-state index contributed by atoms with van der Waals surface area (Å²) in [4.78, 5) is 24.4. The standard InChI is InChI=1S/C18H22N2O4S/c1-13(21)20-14(17-8-5-11-25-17)12-18(22)19-9-10-24-16-7-4-3-6-15(16)23-2/h3-8,11,14H,9-10,12H2,1-2H3,(H,19,22)(H,20,21)/t14-/m1/s1. The van der Waals surface area contributed by atoms with Crippen molar-refractivity contribution in [3.63, 3.8) is 0 Å². The predicted octanol–water partition coefficient (Wildman–Crippen LogP) is 2.52. The molecule has 1 aromatic carbocycles. The fourth-order valence-electron chi connectivity index (χ4n) is 2.30. The molecule has 0 bridgehead atoms. The number of amides is 2. The highest BCUT2D eigenvalue weighted by Gasteiger charge is 2.17. The zero-order valence-electron chi connectivity index (χ0n) is 14.3. The van der Waals surface area contributed by atoms with E-state index in [4.69, 9.17) is 9.47 Å². The van der Waals surface area contributed by atoms with Crippen LogP contribution >= 0.6 is 11.3 Å². The Balaban J connectivity index is 1.78. The van der Waals surface area contributed by atoms with Crippen LogP contribution in [0.5, 0.6) is 11.5 Å². The summed E-state index contributed by atoms with van der Waals surface area (Å²) < 4.78 is 10.8. The Morgan fingerprint density at radius 2 is 1.92 bits per heavy atom. The second kappa shape index (κ2) is 9.68. The van der Waals surface area contributed by atoms with Crippen LogP contribution in [0.3, 0.4) is 0 Å². The number of rotatable bonds is 9. The summed E-state index contributed by atoms with van der Waals surface area (Å²) in [7, 11) is 1.58. The van der Waals surface area contributed by atoms with Gasteiger partial charge in [0, 0.05) is 11.8 Å². The maximum absolute atomic E-state index is 12.1. The van der Waals surface area contributed by atoms with Gasteiger partial charge in [-0.25, -0.2) is 0 Å². The molecule has 0 spiro atoms. The number of hydrogen-bond acceptors (Lipinski definition) is 5. The van der Waals surface area contributed by atoms with Crippen LogP contribution in [0.4, 0.5) is 0 Å². The molecule has 1 aromatic heterocycles. The van der Waals surface area contributed by atoms with Crippen molar-refractivity contribution in [2.24, 2.45) is 0 Å². The molecule has 2 N–H and O–H groups in total. The SMILES string of the molecule is COc1ccccc1OCCNC(=O)C[C@@H](NC(C)=O)c1cccs1. The van der Waals surface area contributed by atoms with Gasteiger partial charge in [0.25, 0.3) is 0 Å². The minimum Gasteiger partial charge on any atom is -0.493 e. The van der Waals surface area contributed by atoms with E-state index in [-0.39, 0.29) is 24.3 Å². The van der Waals surface area contributed by atoms with Crippen molar-refractivity contribution < 1.29 is 19.1 Å². The first-order chi connectivity index (χ1) is 12.1. The molecule has 0 aliphatic rings. The second-order valence-corrected chi connectivity index (χ2v) is 6.30. The van der Waals surface area contributed by atoms with Gasteiger partial charge in [0.05, 0.1) is 26.1 Å². The zero-order valence-corrected chi connectivity index (χ0v) is 15.1. The lowest BCUT2D eigenvalue weighted by atomic mass is 10.1. The van der Waals surface area contributed by atoms with Crippen molar-refractivity contribution in [1.29, 1.82) is 0 Å². The quantitative estimate of drug-likeness (QED) is 0.672. The van der Waals surface area contributed by atoms with Crippen molar-refractivity contribution in [3.8, 4) is 11.5 Å². The van der Waals surface area contributed by atoms with Crippen LogP contribution in [0.2, 0.25) is 0 Å². The molecule has 6 nitrogen and oxygen atoms in total. The molecule has 0 aliphatic heterocycles. The summed E-state index contributed by atoms with van der Waals surface area (Å²) in [5, 5.41) is 7.53. The Morgan fingerprint density at radius 1 is 1.16 bits per heavy atom. The molecule has 1 atom stereocenters. The topological polar surface area (TPSA) is 76.7 Å². The van der Waals surface area contributed by atoms with Crippen LogP contribution in [0.25, 0.3) is 0 Å². The molecule has 134 valence electrons.